The average Bonchev–Trinajstić information content (AvgIpc) is 3.10. The Labute approximate surface area is 139 Å². The van der Waals surface area contributed by atoms with E-state index in [0.717, 1.165) is 6.07 Å². The average molecular weight is 348 g/mol. The van der Waals surface area contributed by atoms with E-state index in [2.05, 4.69) is 25.6 Å². The highest BCUT2D eigenvalue weighted by Crippen LogP contribution is 2.27. The van der Waals surface area contributed by atoms with Gasteiger partial charge in [-0.1, -0.05) is 11.3 Å². The monoisotopic (exact) mass is 348 g/mol. The Morgan fingerprint density at radius 3 is 2.76 bits per heavy atom. The molecule has 0 aromatic carbocycles. The predicted molar refractivity (Wildman–Crippen MR) is 79.6 cm³/mol. The maximum absolute atomic E-state index is 12.6. The highest BCUT2D eigenvalue weighted by atomic mass is 19.4. The van der Waals surface area contributed by atoms with E-state index in [0.29, 0.717) is 5.69 Å². The number of pyridine rings is 2. The second kappa shape index (κ2) is 6.67. The lowest BCUT2D eigenvalue weighted by atomic mass is 10.3. The fourth-order valence-corrected chi connectivity index (χ4v) is 1.98. The number of hydrogen-bond acceptors (Lipinski definition) is 5. The molecule has 0 fully saturated rings. The lowest BCUT2D eigenvalue weighted by Gasteiger charge is -2.08. The van der Waals surface area contributed by atoms with Crippen LogP contribution >= 0.6 is 0 Å². The summed E-state index contributed by atoms with van der Waals surface area (Å²) in [5.41, 5.74) is -0.283. The summed E-state index contributed by atoms with van der Waals surface area (Å²) >= 11 is 0. The highest BCUT2D eigenvalue weighted by molar-refractivity contribution is 5.91. The molecule has 0 atom stereocenters. The van der Waals surface area contributed by atoms with Crippen LogP contribution in [0.2, 0.25) is 0 Å². The van der Waals surface area contributed by atoms with Gasteiger partial charge in [-0.25, -0.2) is 9.67 Å². The predicted octanol–water partition coefficient (Wildman–Crippen LogP) is 2.01. The molecule has 3 aromatic rings. The molecule has 0 aliphatic heterocycles. The van der Waals surface area contributed by atoms with Crippen molar-refractivity contribution in [3.63, 3.8) is 0 Å². The van der Waals surface area contributed by atoms with E-state index in [1.807, 2.05) is 0 Å². The molecule has 0 aliphatic rings. The van der Waals surface area contributed by atoms with Crippen molar-refractivity contribution in [2.45, 2.75) is 12.7 Å². The van der Waals surface area contributed by atoms with Gasteiger partial charge in [0.2, 0.25) is 0 Å². The van der Waals surface area contributed by atoms with E-state index in [-0.39, 0.29) is 17.9 Å². The van der Waals surface area contributed by atoms with Gasteiger partial charge in [0.15, 0.2) is 5.69 Å². The number of carbonyl (C=O) groups is 1. The van der Waals surface area contributed by atoms with E-state index in [1.165, 1.54) is 23.0 Å². The number of amides is 1. The molecule has 25 heavy (non-hydrogen) atoms. The largest absolute Gasteiger partial charge is 0.433 e. The molecule has 3 aromatic heterocycles. The van der Waals surface area contributed by atoms with Crippen LogP contribution in [0, 0.1) is 0 Å². The van der Waals surface area contributed by atoms with Gasteiger partial charge in [0.05, 0.1) is 30.3 Å². The van der Waals surface area contributed by atoms with Crippen LogP contribution < -0.4 is 5.32 Å². The molecule has 3 heterocycles. The number of rotatable bonds is 4. The molecule has 1 amide bonds. The summed E-state index contributed by atoms with van der Waals surface area (Å²) in [4.78, 5) is 19.5. The maximum Gasteiger partial charge on any atom is 0.433 e. The molecule has 1 N–H and O–H groups in total. The minimum Gasteiger partial charge on any atom is -0.345 e. The molecular formula is C15H11F3N6O. The van der Waals surface area contributed by atoms with Gasteiger partial charge >= 0.3 is 6.18 Å². The Bertz CT molecular complexity index is 878. The third-order valence-corrected chi connectivity index (χ3v) is 3.16. The highest BCUT2D eigenvalue weighted by Gasteiger charge is 2.32. The molecule has 0 spiro atoms. The second-order valence-electron chi connectivity index (χ2n) is 4.95. The Kier molecular flexibility index (Phi) is 4.42. The van der Waals surface area contributed by atoms with E-state index in [9.17, 15) is 18.0 Å². The van der Waals surface area contributed by atoms with Crippen molar-refractivity contribution in [2.24, 2.45) is 0 Å². The van der Waals surface area contributed by atoms with Gasteiger partial charge < -0.3 is 5.32 Å². The van der Waals surface area contributed by atoms with Gasteiger partial charge in [0.1, 0.15) is 5.69 Å². The smallest absolute Gasteiger partial charge is 0.345 e. The number of hydrogen-bond donors (Lipinski definition) is 1. The molecule has 7 nitrogen and oxygen atoms in total. The molecule has 3 rings (SSSR count). The van der Waals surface area contributed by atoms with Gasteiger partial charge in [-0.3, -0.25) is 9.78 Å². The number of halogens is 3. The van der Waals surface area contributed by atoms with Gasteiger partial charge in [0, 0.05) is 6.20 Å². The normalized spacial score (nSPS) is 11.3. The minimum absolute atomic E-state index is 0.0239. The Balaban J connectivity index is 1.67. The second-order valence-corrected chi connectivity index (χ2v) is 4.95. The Morgan fingerprint density at radius 2 is 2.04 bits per heavy atom. The fourth-order valence-electron chi connectivity index (χ4n) is 1.98. The third-order valence-electron chi connectivity index (χ3n) is 3.16. The molecule has 0 saturated heterocycles. The van der Waals surface area contributed by atoms with Crippen molar-refractivity contribution in [3.8, 4) is 5.69 Å². The van der Waals surface area contributed by atoms with Crippen LogP contribution in [-0.4, -0.2) is 30.9 Å². The fraction of sp³-hybridized carbons (Fsp3) is 0.133. The standard InChI is InChI=1S/C15H11F3N6O/c16-15(17,18)13-5-1-3-10(21-13)7-20-14(25)12-9-24(23-22-12)11-4-2-6-19-8-11/h1-6,8-9H,7H2,(H,20,25). The van der Waals surface area contributed by atoms with Crippen molar-refractivity contribution in [1.29, 1.82) is 0 Å². The molecule has 0 unspecified atom stereocenters. The molecule has 10 heteroatoms. The third kappa shape index (κ3) is 3.97. The van der Waals surface area contributed by atoms with Crippen LogP contribution in [0.3, 0.4) is 0 Å². The number of nitrogens with zero attached hydrogens (tertiary/aromatic N) is 5. The number of aromatic nitrogens is 5. The van der Waals surface area contributed by atoms with E-state index >= 15 is 0 Å². The SMILES string of the molecule is O=C(NCc1cccc(C(F)(F)F)n1)c1cn(-c2cccnc2)nn1. The zero-order chi connectivity index (χ0) is 17.9. The summed E-state index contributed by atoms with van der Waals surface area (Å²) in [6.45, 7) is -0.164. The summed E-state index contributed by atoms with van der Waals surface area (Å²) < 4.78 is 39.2. The first-order valence-corrected chi connectivity index (χ1v) is 7.07. The number of alkyl halides is 3. The molecular weight excluding hydrogens is 337 g/mol. The molecule has 128 valence electrons. The first-order chi connectivity index (χ1) is 11.9. The Hall–Kier alpha value is -3.30. The first kappa shape index (κ1) is 16.6. The van der Waals surface area contributed by atoms with Gasteiger partial charge in [-0.15, -0.1) is 5.10 Å². The summed E-state index contributed by atoms with van der Waals surface area (Å²) in [5.74, 6) is -0.575. The quantitative estimate of drug-likeness (QED) is 0.779. The maximum atomic E-state index is 12.6. The van der Waals surface area contributed by atoms with Gasteiger partial charge in [-0.2, -0.15) is 13.2 Å². The topological polar surface area (TPSA) is 85.6 Å². The van der Waals surface area contributed by atoms with E-state index < -0.39 is 17.8 Å². The Morgan fingerprint density at radius 1 is 1.20 bits per heavy atom. The number of carbonyl (C=O) groups excluding carboxylic acids is 1. The van der Waals surface area contributed by atoms with Crippen LogP contribution in [0.1, 0.15) is 21.9 Å². The minimum atomic E-state index is -4.54. The molecule has 0 aliphatic carbocycles. The molecule has 0 saturated carbocycles. The number of nitrogens with one attached hydrogen (secondary N) is 1. The summed E-state index contributed by atoms with van der Waals surface area (Å²) in [6, 6.07) is 6.93. The first-order valence-electron chi connectivity index (χ1n) is 7.07. The molecule has 0 bridgehead atoms. The lowest BCUT2D eigenvalue weighted by Crippen LogP contribution is -2.24. The van der Waals surface area contributed by atoms with Crippen LogP contribution in [-0.2, 0) is 12.7 Å². The summed E-state index contributed by atoms with van der Waals surface area (Å²) in [7, 11) is 0. The molecule has 0 radical (unpaired) electrons. The van der Waals surface area contributed by atoms with Crippen molar-refractivity contribution in [2.75, 3.05) is 0 Å². The van der Waals surface area contributed by atoms with Gasteiger partial charge in [0.25, 0.3) is 5.91 Å². The van der Waals surface area contributed by atoms with Crippen molar-refractivity contribution in [3.05, 3.63) is 66.0 Å². The van der Waals surface area contributed by atoms with Crippen LogP contribution in [0.4, 0.5) is 13.2 Å². The van der Waals surface area contributed by atoms with Gasteiger partial charge in [-0.05, 0) is 24.3 Å². The lowest BCUT2D eigenvalue weighted by molar-refractivity contribution is -0.141. The van der Waals surface area contributed by atoms with Crippen molar-refractivity contribution >= 4 is 5.91 Å². The van der Waals surface area contributed by atoms with Crippen LogP contribution in [0.15, 0.2) is 48.9 Å². The zero-order valence-corrected chi connectivity index (χ0v) is 12.6. The van der Waals surface area contributed by atoms with E-state index in [1.54, 1.807) is 24.5 Å². The summed E-state index contributed by atoms with van der Waals surface area (Å²) in [5, 5.41) is 10.0. The van der Waals surface area contributed by atoms with Crippen LogP contribution in [0.5, 0.6) is 0 Å². The summed E-state index contributed by atoms with van der Waals surface area (Å²) in [6.07, 6.45) is -0.00260. The van der Waals surface area contributed by atoms with E-state index in [4.69, 9.17) is 0 Å². The van der Waals surface area contributed by atoms with Crippen molar-refractivity contribution in [1.82, 2.24) is 30.3 Å². The zero-order valence-electron chi connectivity index (χ0n) is 12.6. The van der Waals surface area contributed by atoms with Crippen molar-refractivity contribution < 1.29 is 18.0 Å². The van der Waals surface area contributed by atoms with Crippen LogP contribution in [0.25, 0.3) is 5.69 Å².